The van der Waals surface area contributed by atoms with Crippen LogP contribution in [0.4, 0.5) is 19.3 Å². The minimum Gasteiger partial charge on any atom is -0.495 e. The number of nitrogens with one attached hydrogen (secondary N) is 1. The number of methoxy groups -OCH3 is 1. The molecule has 0 radical (unpaired) electrons. The molecular weight excluding hydrogens is 685 g/mol. The number of alkyl halides is 3. The minimum atomic E-state index is -3.82. The van der Waals surface area contributed by atoms with Crippen molar-refractivity contribution in [2.45, 2.75) is 60.2 Å². The zero-order valence-electron chi connectivity index (χ0n) is 24.9. The van der Waals surface area contributed by atoms with Gasteiger partial charge in [0.2, 0.25) is 0 Å². The fraction of sp³-hybridized carbons (Fsp3) is 0.387. The van der Waals surface area contributed by atoms with Crippen LogP contribution in [0.5, 0.6) is 5.75 Å². The number of nitrogens with zero attached hydrogens (tertiary/aromatic N) is 3. The van der Waals surface area contributed by atoms with Gasteiger partial charge in [0.05, 0.1) is 35.0 Å². The summed E-state index contributed by atoms with van der Waals surface area (Å²) in [5, 5.41) is 5.66. The summed E-state index contributed by atoms with van der Waals surface area (Å²) in [6.07, 6.45) is 3.58. The zero-order chi connectivity index (χ0) is 33.3. The Hall–Kier alpha value is -2.87. The highest BCUT2D eigenvalue weighted by molar-refractivity contribution is 7.99. The van der Waals surface area contributed by atoms with E-state index >= 15 is 0 Å². The Morgan fingerprint density at radius 1 is 1.13 bits per heavy atom. The van der Waals surface area contributed by atoms with Crippen molar-refractivity contribution >= 4 is 64.6 Å². The first-order valence-electron chi connectivity index (χ1n) is 14.4. The van der Waals surface area contributed by atoms with Gasteiger partial charge in [0.1, 0.15) is 11.4 Å². The number of H-pyrrole nitrogens is 1. The number of ether oxygens (including phenoxy) is 1. The number of anilines is 1. The van der Waals surface area contributed by atoms with E-state index in [1.165, 1.54) is 23.3 Å². The molecule has 2 N–H and O–H groups in total. The molecule has 15 heteroatoms. The number of carbonyl (C=O) groups excluding carboxylic acids is 2. The van der Waals surface area contributed by atoms with Crippen molar-refractivity contribution in [2.75, 3.05) is 32.1 Å². The first kappa shape index (κ1) is 34.5. The summed E-state index contributed by atoms with van der Waals surface area (Å²) in [6, 6.07) is 8.71. The van der Waals surface area contributed by atoms with Gasteiger partial charge in [0.25, 0.3) is 5.56 Å². The molecule has 1 aromatic heterocycles. The van der Waals surface area contributed by atoms with E-state index in [-0.39, 0.29) is 44.3 Å². The van der Waals surface area contributed by atoms with E-state index in [0.717, 1.165) is 74.7 Å². The maximum atomic E-state index is 13.3. The highest BCUT2D eigenvalue weighted by atomic mass is 35.5. The van der Waals surface area contributed by atoms with E-state index in [1.807, 2.05) is 14.8 Å². The summed E-state index contributed by atoms with van der Waals surface area (Å²) in [4.78, 5) is 44.0. The number of aldehydes is 1. The Morgan fingerprint density at radius 2 is 1.83 bits per heavy atom. The van der Waals surface area contributed by atoms with Crippen molar-refractivity contribution in [2.24, 2.45) is 0 Å². The van der Waals surface area contributed by atoms with Crippen LogP contribution in [-0.4, -0.2) is 65.5 Å². The fourth-order valence-corrected chi connectivity index (χ4v) is 7.25. The molecule has 0 bridgehead atoms. The fourth-order valence-electron chi connectivity index (χ4n) is 5.45. The Kier molecular flexibility index (Phi) is 10.6. The van der Waals surface area contributed by atoms with Gasteiger partial charge in [-0.05, 0) is 78.9 Å². The molecule has 2 aromatic carbocycles. The predicted octanol–water partition coefficient (Wildman–Crippen LogP) is 6.86. The van der Waals surface area contributed by atoms with E-state index in [0.29, 0.717) is 11.6 Å². The largest absolute Gasteiger partial charge is 0.495 e. The summed E-state index contributed by atoms with van der Waals surface area (Å²) in [5.74, 6) is 0.819. The van der Waals surface area contributed by atoms with E-state index in [1.54, 1.807) is 7.11 Å². The van der Waals surface area contributed by atoms with Crippen LogP contribution in [0.15, 0.2) is 44.9 Å². The number of benzene rings is 2. The lowest BCUT2D eigenvalue weighted by molar-refractivity contribution is 0.0891. The Bertz CT molecular complexity index is 1720. The summed E-state index contributed by atoms with van der Waals surface area (Å²) in [7, 11) is 3.81. The van der Waals surface area contributed by atoms with Crippen molar-refractivity contribution in [3.63, 3.8) is 0 Å². The molecular formula is C31H31Cl3F2N4O5S. The van der Waals surface area contributed by atoms with Gasteiger partial charge >= 0.3 is 11.4 Å². The van der Waals surface area contributed by atoms with E-state index < -0.39 is 16.6 Å². The predicted molar refractivity (Wildman–Crippen MR) is 174 cm³/mol. The van der Waals surface area contributed by atoms with Gasteiger partial charge < -0.3 is 19.7 Å². The lowest BCUT2D eigenvalue weighted by Gasteiger charge is -2.36. The van der Waals surface area contributed by atoms with Crippen molar-refractivity contribution in [3.8, 4) is 5.75 Å². The summed E-state index contributed by atoms with van der Waals surface area (Å²) in [5.41, 5.74) is 1.66. The summed E-state index contributed by atoms with van der Waals surface area (Å²) in [6.45, 7) is 3.21. The number of aliphatic hydroxyl groups excluding tert-OH is 1. The third kappa shape index (κ3) is 7.32. The van der Waals surface area contributed by atoms with Crippen molar-refractivity contribution in [3.05, 3.63) is 78.7 Å². The number of urea groups is 1. The second-order valence-electron chi connectivity index (χ2n) is 11.2. The number of fused-ring (bicyclic) bond motifs is 1. The first-order valence-corrected chi connectivity index (χ1v) is 16.3. The summed E-state index contributed by atoms with van der Waals surface area (Å²) >= 11 is 17.8. The molecule has 9 nitrogen and oxygen atoms in total. The lowest BCUT2D eigenvalue weighted by Crippen LogP contribution is -2.50. The normalized spacial score (nSPS) is 16.7. The Labute approximate surface area is 283 Å². The number of hydrogen-bond acceptors (Lipinski definition) is 7. The standard InChI is InChI=1S/C17H23N3O2.C14H8Cl3F2NO3S/c1-18-10-12-8-15(16(22-2)9-13(12)11-18)20-7-3-6-19(17(20)21)14-4-5-14;15-8-2-1-6(4-21)11(16)12(8)24-9-3-10(14(17,18)19)20-13(23)7(9)5-22/h8-9,14H,3-7,10-11H2,1-2H3;1-3,5,21H,4H2,(H,20,23). The molecule has 6 rings (SSSR count). The second kappa shape index (κ2) is 14.1. The average Bonchev–Trinajstić information content (AvgIpc) is 3.79. The van der Waals surface area contributed by atoms with Crippen molar-refractivity contribution in [1.82, 2.24) is 14.8 Å². The monoisotopic (exact) mass is 714 g/mol. The highest BCUT2D eigenvalue weighted by Crippen LogP contribution is 2.43. The van der Waals surface area contributed by atoms with E-state index in [2.05, 4.69) is 24.1 Å². The molecule has 1 saturated heterocycles. The number of amides is 2. The van der Waals surface area contributed by atoms with Crippen LogP contribution in [0.25, 0.3) is 0 Å². The number of aromatic amines is 1. The maximum Gasteiger partial charge on any atom is 0.362 e. The van der Waals surface area contributed by atoms with Gasteiger partial charge in [-0.3, -0.25) is 19.4 Å². The van der Waals surface area contributed by atoms with Gasteiger partial charge in [-0.1, -0.05) is 41.0 Å². The van der Waals surface area contributed by atoms with Crippen molar-refractivity contribution in [1.29, 1.82) is 0 Å². The molecule has 2 amide bonds. The quantitative estimate of drug-likeness (QED) is 0.194. The molecule has 3 heterocycles. The molecule has 0 spiro atoms. The number of rotatable bonds is 8. The van der Waals surface area contributed by atoms with Gasteiger partial charge in [-0.2, -0.15) is 8.78 Å². The first-order chi connectivity index (χ1) is 21.9. The molecule has 1 saturated carbocycles. The van der Waals surface area contributed by atoms with Crippen LogP contribution in [0.1, 0.15) is 52.0 Å². The minimum absolute atomic E-state index is 0.0892. The molecule has 246 valence electrons. The summed E-state index contributed by atoms with van der Waals surface area (Å²) < 4.78 is 32.1. The topological polar surface area (TPSA) is 106 Å². The third-order valence-corrected chi connectivity index (χ3v) is 10.2. The van der Waals surface area contributed by atoms with Crippen LogP contribution < -0.4 is 15.2 Å². The zero-order valence-corrected chi connectivity index (χ0v) is 28.0. The number of pyridine rings is 1. The molecule has 3 aliphatic rings. The smallest absolute Gasteiger partial charge is 0.362 e. The third-order valence-electron chi connectivity index (χ3n) is 7.89. The molecule has 2 aliphatic heterocycles. The maximum absolute atomic E-state index is 13.3. The number of carbonyl (C=O) groups is 2. The number of hydrogen-bond donors (Lipinski definition) is 2. The molecule has 1 aliphatic carbocycles. The van der Waals surface area contributed by atoms with E-state index in [4.69, 9.17) is 39.5 Å². The van der Waals surface area contributed by atoms with Crippen LogP contribution in [0, 0.1) is 0 Å². The number of aliphatic hydroxyl groups is 1. The molecule has 0 unspecified atom stereocenters. The number of halogens is 5. The lowest BCUT2D eigenvalue weighted by atomic mass is 10.1. The van der Waals surface area contributed by atoms with Gasteiger partial charge in [0, 0.05) is 42.0 Å². The van der Waals surface area contributed by atoms with Gasteiger partial charge in [-0.15, -0.1) is 0 Å². The molecule has 0 atom stereocenters. The molecule has 3 aromatic rings. The van der Waals surface area contributed by atoms with Gasteiger partial charge in [-0.25, -0.2) is 4.79 Å². The van der Waals surface area contributed by atoms with Crippen molar-refractivity contribution < 1.29 is 28.2 Å². The van der Waals surface area contributed by atoms with Crippen LogP contribution in [0.2, 0.25) is 10.0 Å². The van der Waals surface area contributed by atoms with E-state index in [9.17, 15) is 28.3 Å². The Balaban J connectivity index is 0.000000182. The molecule has 46 heavy (non-hydrogen) atoms. The Morgan fingerprint density at radius 3 is 2.43 bits per heavy atom. The second-order valence-corrected chi connectivity index (χ2v) is 13.5. The SMILES string of the molecule is COc1cc2c(cc1N1CCCN(C3CC3)C1=O)CN(C)C2.O=Cc1c(Sc2c(Cl)ccc(CO)c2Cl)cc(C(F)(F)Cl)[nH]c1=O. The average molecular weight is 716 g/mol. The van der Waals surface area contributed by atoms with Crippen LogP contribution in [-0.2, 0) is 25.1 Å². The van der Waals surface area contributed by atoms with Crippen LogP contribution >= 0.6 is 46.6 Å². The van der Waals surface area contributed by atoms with Crippen LogP contribution in [0.3, 0.4) is 0 Å². The highest BCUT2D eigenvalue weighted by Gasteiger charge is 2.38. The molecule has 2 fully saturated rings. The van der Waals surface area contributed by atoms with Gasteiger partial charge in [0.15, 0.2) is 6.29 Å². The number of aromatic nitrogens is 1.